The first-order valence-corrected chi connectivity index (χ1v) is 5.05. The summed E-state index contributed by atoms with van der Waals surface area (Å²) in [6.07, 6.45) is 10.0. The van der Waals surface area contributed by atoms with Gasteiger partial charge in [-0.05, 0) is 6.42 Å². The molecule has 0 aliphatic rings. The van der Waals surface area contributed by atoms with Crippen molar-refractivity contribution in [2.45, 2.75) is 19.4 Å². The molecule has 0 aliphatic carbocycles. The van der Waals surface area contributed by atoms with Crippen molar-refractivity contribution < 1.29 is 0 Å². The summed E-state index contributed by atoms with van der Waals surface area (Å²) in [6.45, 7) is 0.806. The van der Waals surface area contributed by atoms with Gasteiger partial charge in [-0.25, -0.2) is 4.98 Å². The number of aromatic nitrogens is 4. The van der Waals surface area contributed by atoms with Crippen LogP contribution in [0, 0.1) is 11.3 Å². The number of hydrogen-bond donors (Lipinski definition) is 0. The predicted octanol–water partition coefficient (Wildman–Crippen LogP) is 1.64. The first-order chi connectivity index (χ1) is 7.90. The summed E-state index contributed by atoms with van der Waals surface area (Å²) < 4.78 is 1.96. The second kappa shape index (κ2) is 5.03. The highest BCUT2D eigenvalue weighted by Crippen LogP contribution is 2.12. The molecule has 0 aliphatic heterocycles. The summed E-state index contributed by atoms with van der Waals surface area (Å²) in [5, 5.41) is 8.43. The second-order valence-corrected chi connectivity index (χ2v) is 3.35. The highest BCUT2D eigenvalue weighted by Gasteiger charge is 2.02. The van der Waals surface area contributed by atoms with Crippen molar-refractivity contribution in [3.8, 4) is 17.5 Å². The van der Waals surface area contributed by atoms with Gasteiger partial charge in [0.1, 0.15) is 11.4 Å². The van der Waals surface area contributed by atoms with E-state index in [4.69, 9.17) is 5.26 Å². The van der Waals surface area contributed by atoms with E-state index in [1.807, 2.05) is 10.8 Å². The van der Waals surface area contributed by atoms with Gasteiger partial charge < -0.3 is 4.57 Å². The average Bonchev–Trinajstić information content (AvgIpc) is 2.79. The number of nitrogens with zero attached hydrogens (tertiary/aromatic N) is 5. The van der Waals surface area contributed by atoms with Crippen LogP contribution in [0.3, 0.4) is 0 Å². The van der Waals surface area contributed by atoms with E-state index in [0.717, 1.165) is 24.4 Å². The number of rotatable bonds is 4. The van der Waals surface area contributed by atoms with E-state index < -0.39 is 0 Å². The maximum Gasteiger partial charge on any atom is 0.108 e. The van der Waals surface area contributed by atoms with Gasteiger partial charge in [0.15, 0.2) is 0 Å². The molecule has 0 saturated carbocycles. The molecule has 16 heavy (non-hydrogen) atoms. The average molecular weight is 213 g/mol. The molecule has 2 heterocycles. The normalized spacial score (nSPS) is 9.94. The molecular formula is C11H11N5. The Morgan fingerprint density at radius 2 is 2.19 bits per heavy atom. The fraction of sp³-hybridized carbons (Fsp3) is 0.273. The van der Waals surface area contributed by atoms with Crippen LogP contribution in [0.15, 0.2) is 31.1 Å². The standard InChI is InChI=1S/C11H11N5/c12-3-1-2-6-16-8-11(15-9-16)10-7-13-4-5-14-10/h4-5,7-9H,1-2,6H2. The number of hydrogen-bond acceptors (Lipinski definition) is 4. The lowest BCUT2D eigenvalue weighted by Gasteiger charge is -1.97. The van der Waals surface area contributed by atoms with Crippen LogP contribution < -0.4 is 0 Å². The van der Waals surface area contributed by atoms with E-state index in [0.29, 0.717) is 6.42 Å². The zero-order valence-electron chi connectivity index (χ0n) is 8.74. The minimum Gasteiger partial charge on any atom is -0.337 e. The summed E-state index contributed by atoms with van der Waals surface area (Å²) in [4.78, 5) is 12.4. The number of nitriles is 1. The van der Waals surface area contributed by atoms with E-state index >= 15 is 0 Å². The van der Waals surface area contributed by atoms with Crippen LogP contribution in [0.25, 0.3) is 11.4 Å². The molecule has 2 aromatic heterocycles. The van der Waals surface area contributed by atoms with Gasteiger partial charge in [-0.3, -0.25) is 9.97 Å². The molecule has 0 bridgehead atoms. The van der Waals surface area contributed by atoms with Crippen LogP contribution in [0.4, 0.5) is 0 Å². The van der Waals surface area contributed by atoms with Crippen LogP contribution >= 0.6 is 0 Å². The molecular weight excluding hydrogens is 202 g/mol. The Labute approximate surface area is 93.4 Å². The number of unbranched alkanes of at least 4 members (excludes halogenated alkanes) is 1. The minimum atomic E-state index is 0.568. The molecule has 0 fully saturated rings. The Kier molecular flexibility index (Phi) is 3.24. The van der Waals surface area contributed by atoms with Crippen molar-refractivity contribution >= 4 is 0 Å². The minimum absolute atomic E-state index is 0.568. The lowest BCUT2D eigenvalue weighted by molar-refractivity contribution is 0.653. The molecule has 0 saturated heterocycles. The summed E-state index contributed by atoms with van der Waals surface area (Å²) in [6, 6.07) is 2.12. The van der Waals surface area contributed by atoms with E-state index in [1.54, 1.807) is 24.9 Å². The Hall–Kier alpha value is -2.22. The first-order valence-electron chi connectivity index (χ1n) is 5.05. The van der Waals surface area contributed by atoms with Crippen LogP contribution in [0.2, 0.25) is 0 Å². The van der Waals surface area contributed by atoms with Gasteiger partial charge in [0.25, 0.3) is 0 Å². The Bertz CT molecular complexity index is 483. The largest absolute Gasteiger partial charge is 0.337 e. The second-order valence-electron chi connectivity index (χ2n) is 3.35. The maximum atomic E-state index is 8.43. The molecule has 0 unspecified atom stereocenters. The fourth-order valence-electron chi connectivity index (χ4n) is 1.39. The monoisotopic (exact) mass is 213 g/mol. The van der Waals surface area contributed by atoms with Gasteiger partial charge >= 0.3 is 0 Å². The summed E-state index contributed by atoms with van der Waals surface area (Å²) >= 11 is 0. The lowest BCUT2D eigenvalue weighted by Crippen LogP contribution is -1.93. The molecule has 2 aromatic rings. The smallest absolute Gasteiger partial charge is 0.108 e. The zero-order valence-corrected chi connectivity index (χ0v) is 8.74. The molecule has 0 radical (unpaired) electrons. The van der Waals surface area contributed by atoms with E-state index in [-0.39, 0.29) is 0 Å². The fourth-order valence-corrected chi connectivity index (χ4v) is 1.39. The third-order valence-corrected chi connectivity index (χ3v) is 2.16. The van der Waals surface area contributed by atoms with Crippen molar-refractivity contribution in [2.75, 3.05) is 0 Å². The Morgan fingerprint density at radius 3 is 2.94 bits per heavy atom. The lowest BCUT2D eigenvalue weighted by atomic mass is 10.3. The molecule has 0 spiro atoms. The van der Waals surface area contributed by atoms with Gasteiger partial charge in [0.05, 0.1) is 18.6 Å². The molecule has 80 valence electrons. The molecule has 5 heteroatoms. The van der Waals surface area contributed by atoms with Gasteiger partial charge in [-0.1, -0.05) is 0 Å². The molecule has 5 nitrogen and oxygen atoms in total. The van der Waals surface area contributed by atoms with E-state index in [2.05, 4.69) is 21.0 Å². The molecule has 0 amide bonds. The third-order valence-electron chi connectivity index (χ3n) is 2.16. The summed E-state index contributed by atoms with van der Waals surface area (Å²) in [7, 11) is 0. The highest BCUT2D eigenvalue weighted by molar-refractivity contribution is 5.50. The zero-order chi connectivity index (χ0) is 11.2. The first kappa shape index (κ1) is 10.3. The van der Waals surface area contributed by atoms with Crippen molar-refractivity contribution in [3.05, 3.63) is 31.1 Å². The SMILES string of the molecule is N#CCCCn1cnc(-c2cnccn2)c1. The van der Waals surface area contributed by atoms with Crippen molar-refractivity contribution in [1.29, 1.82) is 5.26 Å². The highest BCUT2D eigenvalue weighted by atomic mass is 15.0. The summed E-state index contributed by atoms with van der Waals surface area (Å²) in [5.74, 6) is 0. The van der Waals surface area contributed by atoms with Gasteiger partial charge in [-0.2, -0.15) is 5.26 Å². The predicted molar refractivity (Wildman–Crippen MR) is 58.1 cm³/mol. The molecule has 0 atom stereocenters. The van der Waals surface area contributed by atoms with Crippen LogP contribution in [0.5, 0.6) is 0 Å². The van der Waals surface area contributed by atoms with E-state index in [1.165, 1.54) is 0 Å². The quantitative estimate of drug-likeness (QED) is 0.724. The number of aryl methyl sites for hydroxylation is 1. The van der Waals surface area contributed by atoms with Crippen molar-refractivity contribution in [3.63, 3.8) is 0 Å². The Morgan fingerprint density at radius 1 is 1.25 bits per heavy atom. The number of imidazole rings is 1. The van der Waals surface area contributed by atoms with Crippen molar-refractivity contribution in [1.82, 2.24) is 19.5 Å². The van der Waals surface area contributed by atoms with Crippen LogP contribution in [-0.4, -0.2) is 19.5 Å². The van der Waals surface area contributed by atoms with Gasteiger partial charge in [0, 0.05) is 31.6 Å². The van der Waals surface area contributed by atoms with Gasteiger partial charge in [0.2, 0.25) is 0 Å². The van der Waals surface area contributed by atoms with Crippen LogP contribution in [0.1, 0.15) is 12.8 Å². The molecule has 2 rings (SSSR count). The van der Waals surface area contributed by atoms with Crippen molar-refractivity contribution in [2.24, 2.45) is 0 Å². The third kappa shape index (κ3) is 2.42. The van der Waals surface area contributed by atoms with Crippen LogP contribution in [-0.2, 0) is 6.54 Å². The summed E-state index contributed by atoms with van der Waals surface area (Å²) in [5.41, 5.74) is 1.58. The van der Waals surface area contributed by atoms with E-state index in [9.17, 15) is 0 Å². The Balaban J connectivity index is 2.06. The molecule has 0 N–H and O–H groups in total. The molecule has 0 aromatic carbocycles. The maximum absolute atomic E-state index is 8.43. The van der Waals surface area contributed by atoms with Gasteiger partial charge in [-0.15, -0.1) is 0 Å². The topological polar surface area (TPSA) is 67.4 Å².